The average molecular weight is 922 g/mol. The van der Waals surface area contributed by atoms with Crippen LogP contribution in [0.2, 0.25) is 0 Å². The fraction of sp³-hybridized carbons (Fsp3) is 0.250. The Morgan fingerprint density at radius 2 is 0.957 bits per heavy atom. The van der Waals surface area contributed by atoms with Crippen molar-refractivity contribution in [1.29, 1.82) is 0 Å². The molecule has 0 aromatic heterocycles. The molecule has 0 unspecified atom stereocenters. The minimum absolute atomic E-state index is 0.183. The summed E-state index contributed by atoms with van der Waals surface area (Å²) in [6, 6.07) is 32.0. The van der Waals surface area contributed by atoms with Crippen LogP contribution in [-0.2, 0) is 18.9 Å². The summed E-state index contributed by atoms with van der Waals surface area (Å²) in [6.07, 6.45) is 3.47. The fourth-order valence-electron chi connectivity index (χ4n) is 3.82. The van der Waals surface area contributed by atoms with Gasteiger partial charge >= 0.3 is 0 Å². The van der Waals surface area contributed by atoms with Gasteiger partial charge in [-0.05, 0) is 119 Å². The maximum absolute atomic E-state index is 6.24. The van der Waals surface area contributed by atoms with Crippen molar-refractivity contribution in [2.24, 2.45) is 0 Å². The van der Waals surface area contributed by atoms with E-state index in [1.165, 1.54) is 15.9 Å². The van der Waals surface area contributed by atoms with Crippen molar-refractivity contribution < 1.29 is 18.9 Å². The van der Waals surface area contributed by atoms with Gasteiger partial charge in [0.2, 0.25) is 0 Å². The third kappa shape index (κ3) is 18.4. The average Bonchev–Trinajstić information content (AvgIpc) is 3.03. The fourth-order valence-corrected chi connectivity index (χ4v) is 7.47. The number of ether oxygens (including phenoxy) is 4. The lowest BCUT2D eigenvalue weighted by atomic mass is 10.3. The highest BCUT2D eigenvalue weighted by Gasteiger charge is 2.25. The van der Waals surface area contributed by atoms with E-state index in [1.54, 1.807) is 12.5 Å². The lowest BCUT2D eigenvalue weighted by Gasteiger charge is -2.28. The summed E-state index contributed by atoms with van der Waals surface area (Å²) < 4.78 is 21.9. The van der Waals surface area contributed by atoms with Crippen molar-refractivity contribution in [3.8, 4) is 0 Å². The number of benzene rings is 3. The Morgan fingerprint density at radius 1 is 0.609 bits per heavy atom. The van der Waals surface area contributed by atoms with Crippen molar-refractivity contribution in [1.82, 2.24) is 0 Å². The van der Waals surface area contributed by atoms with Crippen LogP contribution in [0.25, 0.3) is 0 Å². The molecule has 0 saturated carbocycles. The van der Waals surface area contributed by atoms with Crippen molar-refractivity contribution in [2.45, 2.75) is 27.7 Å². The first-order chi connectivity index (χ1) is 22.0. The van der Waals surface area contributed by atoms with E-state index in [-0.39, 0.29) is 4.03 Å². The van der Waals surface area contributed by atoms with E-state index in [1.807, 2.05) is 27.7 Å². The molecule has 0 aliphatic carbocycles. The van der Waals surface area contributed by atoms with Crippen molar-refractivity contribution >= 4 is 95.2 Å². The number of halogens is 4. The molecule has 0 radical (unpaired) electrons. The molecule has 250 valence electrons. The van der Waals surface area contributed by atoms with Gasteiger partial charge in [-0.15, -0.1) is 0 Å². The van der Waals surface area contributed by atoms with E-state index >= 15 is 0 Å². The monoisotopic (exact) mass is 918 g/mol. The summed E-state index contributed by atoms with van der Waals surface area (Å²) in [5, 5.41) is 3.80. The molecule has 0 atom stereocenters. The SMILES string of the molecule is BrP(Br)Br.C=C(C)CO/C=C(\C)COC=P(c1ccccc1)(c1ccccc1)c1ccccc1.C=C(C)CO/C=C(\C)COCBr. The Hall–Kier alpha value is -1.21. The van der Waals surface area contributed by atoms with Crippen LogP contribution in [0, 0.1) is 0 Å². The molecule has 4 nitrogen and oxygen atoms in total. The molecule has 0 saturated heterocycles. The molecule has 0 aliphatic rings. The zero-order valence-electron chi connectivity index (χ0n) is 26.9. The van der Waals surface area contributed by atoms with Crippen LogP contribution in [0.15, 0.2) is 139 Å². The zero-order chi connectivity index (χ0) is 34.2. The highest BCUT2D eigenvalue weighted by Crippen LogP contribution is 2.59. The van der Waals surface area contributed by atoms with Gasteiger partial charge in [-0.1, -0.05) is 120 Å². The van der Waals surface area contributed by atoms with Crippen molar-refractivity contribution in [3.63, 3.8) is 0 Å². The molecule has 0 fully saturated rings. The molecule has 0 heterocycles. The van der Waals surface area contributed by atoms with Gasteiger partial charge in [-0.25, -0.2) is 0 Å². The third-order valence-corrected chi connectivity index (χ3v) is 9.80. The quantitative estimate of drug-likeness (QED) is 0.0659. The summed E-state index contributed by atoms with van der Waals surface area (Å²) in [6.45, 7) is 15.5. The summed E-state index contributed by atoms with van der Waals surface area (Å²) in [4.78, 5) is 0. The Kier molecular flexibility index (Phi) is 24.0. The molecule has 3 aromatic carbocycles. The Bertz CT molecular complexity index is 1290. The molecule has 0 amide bonds. The highest BCUT2D eigenvalue weighted by atomic mass is 80.0. The summed E-state index contributed by atoms with van der Waals surface area (Å²) in [7, 11) is 0. The van der Waals surface area contributed by atoms with Gasteiger partial charge in [0.15, 0.2) is 0 Å². The maximum atomic E-state index is 6.24. The summed E-state index contributed by atoms with van der Waals surface area (Å²) in [5.74, 6) is 2.07. The molecule has 3 rings (SSSR count). The first kappa shape index (κ1) is 42.8. The van der Waals surface area contributed by atoms with Crippen LogP contribution in [-0.4, -0.2) is 37.9 Å². The third-order valence-electron chi connectivity index (χ3n) is 5.67. The first-order valence-corrected chi connectivity index (χ1v) is 24.7. The number of hydrogen-bond acceptors (Lipinski definition) is 4. The minimum Gasteiger partial charge on any atom is -0.497 e. The molecule has 0 N–H and O–H groups in total. The van der Waals surface area contributed by atoms with Crippen LogP contribution < -0.4 is 15.9 Å². The molecule has 3 aromatic rings. The van der Waals surface area contributed by atoms with Crippen LogP contribution in [0.4, 0.5) is 0 Å². The van der Waals surface area contributed by atoms with E-state index in [9.17, 15) is 0 Å². The van der Waals surface area contributed by atoms with Crippen LogP contribution in [0.1, 0.15) is 27.7 Å². The number of rotatable bonds is 15. The Balaban J connectivity index is 0.000000551. The van der Waals surface area contributed by atoms with Crippen LogP contribution >= 0.6 is 73.3 Å². The van der Waals surface area contributed by atoms with E-state index in [0.29, 0.717) is 31.9 Å². The molecule has 0 bridgehead atoms. The Labute approximate surface area is 310 Å². The minimum atomic E-state index is -2.08. The van der Waals surface area contributed by atoms with Gasteiger partial charge in [0.25, 0.3) is 0 Å². The van der Waals surface area contributed by atoms with Gasteiger partial charge in [-0.3, -0.25) is 0 Å². The molecule has 46 heavy (non-hydrogen) atoms. The van der Waals surface area contributed by atoms with Crippen molar-refractivity contribution in [3.05, 3.63) is 139 Å². The second-order valence-electron chi connectivity index (χ2n) is 10.3. The second-order valence-corrected chi connectivity index (χ2v) is 29.3. The smallest absolute Gasteiger partial charge is 0.108 e. The topological polar surface area (TPSA) is 36.9 Å². The molecule has 0 aliphatic heterocycles. The van der Waals surface area contributed by atoms with E-state index in [4.69, 9.17) is 18.9 Å². The molecule has 10 heteroatoms. The van der Waals surface area contributed by atoms with Gasteiger partial charge in [0, 0.05) is 5.98 Å². The largest absolute Gasteiger partial charge is 0.497 e. The van der Waals surface area contributed by atoms with Crippen molar-refractivity contribution in [2.75, 3.05) is 31.9 Å². The number of hydrogen-bond donors (Lipinski definition) is 0. The van der Waals surface area contributed by atoms with E-state index in [0.717, 1.165) is 22.3 Å². The Morgan fingerprint density at radius 3 is 1.28 bits per heavy atom. The summed E-state index contributed by atoms with van der Waals surface area (Å²) in [5.41, 5.74) is 4.66. The zero-order valence-corrected chi connectivity index (χ0v) is 35.0. The number of alkyl halides is 1. The normalized spacial score (nSPS) is 11.4. The highest BCUT2D eigenvalue weighted by molar-refractivity contribution is 9.93. The summed E-state index contributed by atoms with van der Waals surface area (Å²) >= 11 is 12.7. The van der Waals surface area contributed by atoms with Gasteiger partial charge in [-0.2, -0.15) is 0 Å². The van der Waals surface area contributed by atoms with Gasteiger partial charge in [0.05, 0.1) is 25.7 Å². The first-order valence-electron chi connectivity index (χ1n) is 14.3. The predicted octanol–water partition coefficient (Wildman–Crippen LogP) is 11.5. The predicted molar refractivity (Wildman–Crippen MR) is 220 cm³/mol. The van der Waals surface area contributed by atoms with E-state index < -0.39 is 6.89 Å². The maximum Gasteiger partial charge on any atom is 0.108 e. The lowest BCUT2D eigenvalue weighted by molar-refractivity contribution is 0.204. The molecular weight excluding hydrogens is 878 g/mol. The van der Waals surface area contributed by atoms with Gasteiger partial charge in [0.1, 0.15) is 22.8 Å². The molecule has 0 spiro atoms. The standard InChI is InChI=1S/C27H29O2P.C9H15BrO2.Br3P/c1-23(2)19-28-20-24(3)21-29-22-30(25-13-7-4-8-14-25,26-15-9-5-10-16-26)27-17-11-6-12-18-27;1-8(2)4-11-5-9(3)6-12-7-10;1-4(2)3/h4-18,20,22H,1,19,21H2,2-3H3;5H,1,4,6-7H2,2-3H3;/b24-20+;9-5+;. The lowest BCUT2D eigenvalue weighted by Crippen LogP contribution is -2.27. The van der Waals surface area contributed by atoms with Gasteiger partial charge < -0.3 is 18.9 Å². The van der Waals surface area contributed by atoms with Crippen LogP contribution in [0.5, 0.6) is 0 Å². The second kappa shape index (κ2) is 25.8. The molecular formula is C36H44Br4O4P2. The van der Waals surface area contributed by atoms with E-state index in [2.05, 4.69) is 173 Å². The van der Waals surface area contributed by atoms with Crippen LogP contribution in [0.3, 0.4) is 0 Å².